The maximum absolute atomic E-state index is 6.11. The maximum Gasteiger partial charge on any atom is 0.129 e. The Morgan fingerprint density at radius 1 is 1.24 bits per heavy atom. The molecule has 1 aromatic heterocycles. The van der Waals surface area contributed by atoms with Crippen LogP contribution in [0.25, 0.3) is 0 Å². The SMILES string of the molecule is CNc1ncccc1CSc1ccccc1Cl. The molecule has 88 valence electrons. The summed E-state index contributed by atoms with van der Waals surface area (Å²) in [7, 11) is 1.88. The molecule has 0 amide bonds. The highest BCUT2D eigenvalue weighted by Crippen LogP contribution is 2.30. The van der Waals surface area contributed by atoms with Gasteiger partial charge in [0.2, 0.25) is 0 Å². The van der Waals surface area contributed by atoms with Crippen molar-refractivity contribution >= 4 is 29.2 Å². The average Bonchev–Trinajstić information content (AvgIpc) is 2.38. The zero-order valence-electron chi connectivity index (χ0n) is 9.48. The van der Waals surface area contributed by atoms with E-state index in [9.17, 15) is 0 Å². The summed E-state index contributed by atoms with van der Waals surface area (Å²) >= 11 is 7.83. The molecule has 0 radical (unpaired) electrons. The van der Waals surface area contributed by atoms with Gasteiger partial charge in [-0.1, -0.05) is 29.8 Å². The summed E-state index contributed by atoms with van der Waals surface area (Å²) in [6.07, 6.45) is 1.79. The first-order valence-corrected chi connectivity index (χ1v) is 6.66. The first-order chi connectivity index (χ1) is 8.31. The molecule has 2 rings (SSSR count). The Bertz CT molecular complexity index is 502. The van der Waals surface area contributed by atoms with Crippen LogP contribution in [0.5, 0.6) is 0 Å². The van der Waals surface area contributed by atoms with Crippen molar-refractivity contribution in [2.75, 3.05) is 12.4 Å². The van der Waals surface area contributed by atoms with E-state index in [2.05, 4.69) is 16.4 Å². The number of nitrogens with zero attached hydrogens (tertiary/aromatic N) is 1. The number of thioether (sulfide) groups is 1. The van der Waals surface area contributed by atoms with Crippen LogP contribution < -0.4 is 5.32 Å². The van der Waals surface area contributed by atoms with Crippen molar-refractivity contribution in [2.24, 2.45) is 0 Å². The number of halogens is 1. The molecule has 1 heterocycles. The standard InChI is InChI=1S/C13H13ClN2S/c1-15-13-10(5-4-8-16-13)9-17-12-7-3-2-6-11(12)14/h2-8H,9H2,1H3,(H,15,16). The van der Waals surface area contributed by atoms with Gasteiger partial charge >= 0.3 is 0 Å². The number of hydrogen-bond acceptors (Lipinski definition) is 3. The third-order valence-corrected chi connectivity index (χ3v) is 3.91. The number of aromatic nitrogens is 1. The highest BCUT2D eigenvalue weighted by molar-refractivity contribution is 7.98. The van der Waals surface area contributed by atoms with Crippen LogP contribution in [0, 0.1) is 0 Å². The molecule has 0 spiro atoms. The van der Waals surface area contributed by atoms with Crippen molar-refractivity contribution in [1.82, 2.24) is 4.98 Å². The molecular weight excluding hydrogens is 252 g/mol. The topological polar surface area (TPSA) is 24.9 Å². The molecule has 0 aliphatic rings. The minimum atomic E-state index is 0.799. The molecule has 0 aliphatic carbocycles. The van der Waals surface area contributed by atoms with Gasteiger partial charge in [0.1, 0.15) is 5.82 Å². The summed E-state index contributed by atoms with van der Waals surface area (Å²) in [6, 6.07) is 11.9. The van der Waals surface area contributed by atoms with E-state index in [0.717, 1.165) is 21.5 Å². The predicted octanol–water partition coefficient (Wildman–Crippen LogP) is 4.07. The number of anilines is 1. The van der Waals surface area contributed by atoms with Crippen molar-refractivity contribution in [3.05, 3.63) is 53.2 Å². The Morgan fingerprint density at radius 3 is 2.82 bits per heavy atom. The first kappa shape index (κ1) is 12.3. The van der Waals surface area contributed by atoms with Crippen molar-refractivity contribution in [3.63, 3.8) is 0 Å². The second-order valence-corrected chi connectivity index (χ2v) is 4.90. The Hall–Kier alpha value is -1.19. The normalized spacial score (nSPS) is 10.2. The van der Waals surface area contributed by atoms with Gasteiger partial charge in [0, 0.05) is 29.5 Å². The molecule has 1 N–H and O–H groups in total. The van der Waals surface area contributed by atoms with E-state index < -0.39 is 0 Å². The summed E-state index contributed by atoms with van der Waals surface area (Å²) < 4.78 is 0. The molecule has 0 unspecified atom stereocenters. The molecule has 2 aromatic rings. The molecule has 4 heteroatoms. The quantitative estimate of drug-likeness (QED) is 0.843. The van der Waals surface area contributed by atoms with E-state index >= 15 is 0 Å². The molecule has 1 aromatic carbocycles. The zero-order chi connectivity index (χ0) is 12.1. The van der Waals surface area contributed by atoms with Gasteiger partial charge in [-0.3, -0.25) is 0 Å². The molecule has 0 saturated heterocycles. The molecule has 0 saturated carbocycles. The van der Waals surface area contributed by atoms with Crippen LogP contribution in [0.15, 0.2) is 47.5 Å². The van der Waals surface area contributed by atoms with Gasteiger partial charge in [0.15, 0.2) is 0 Å². The van der Waals surface area contributed by atoms with Gasteiger partial charge in [0.25, 0.3) is 0 Å². The third kappa shape index (κ3) is 3.14. The van der Waals surface area contributed by atoms with E-state index in [1.165, 1.54) is 5.56 Å². The second kappa shape index (κ2) is 5.94. The van der Waals surface area contributed by atoms with E-state index in [1.807, 2.05) is 37.4 Å². The zero-order valence-corrected chi connectivity index (χ0v) is 11.1. The molecular formula is C13H13ClN2S. The van der Waals surface area contributed by atoms with Crippen molar-refractivity contribution in [3.8, 4) is 0 Å². The van der Waals surface area contributed by atoms with Crippen LogP contribution in [-0.4, -0.2) is 12.0 Å². The van der Waals surface area contributed by atoms with Crippen molar-refractivity contribution in [1.29, 1.82) is 0 Å². The van der Waals surface area contributed by atoms with E-state index in [4.69, 9.17) is 11.6 Å². The van der Waals surface area contributed by atoms with Gasteiger partial charge in [-0.25, -0.2) is 4.98 Å². The highest BCUT2D eigenvalue weighted by atomic mass is 35.5. The Morgan fingerprint density at radius 2 is 2.06 bits per heavy atom. The minimum Gasteiger partial charge on any atom is -0.373 e. The summed E-state index contributed by atoms with van der Waals surface area (Å²) in [5.74, 6) is 1.78. The molecule has 0 atom stereocenters. The van der Waals surface area contributed by atoms with E-state index in [-0.39, 0.29) is 0 Å². The van der Waals surface area contributed by atoms with E-state index in [0.29, 0.717) is 0 Å². The van der Waals surface area contributed by atoms with Gasteiger partial charge in [-0.15, -0.1) is 11.8 Å². The lowest BCUT2D eigenvalue weighted by atomic mass is 10.3. The van der Waals surface area contributed by atoms with Gasteiger partial charge in [-0.2, -0.15) is 0 Å². The Balaban J connectivity index is 2.10. The minimum absolute atomic E-state index is 0.799. The molecule has 0 bridgehead atoms. The van der Waals surface area contributed by atoms with Crippen LogP contribution in [0.2, 0.25) is 5.02 Å². The lowest BCUT2D eigenvalue weighted by Crippen LogP contribution is -1.96. The van der Waals surface area contributed by atoms with Crippen LogP contribution in [-0.2, 0) is 5.75 Å². The van der Waals surface area contributed by atoms with Crippen molar-refractivity contribution in [2.45, 2.75) is 10.6 Å². The second-order valence-electron chi connectivity index (χ2n) is 3.48. The summed E-state index contributed by atoms with van der Waals surface area (Å²) in [6.45, 7) is 0. The molecule has 0 aliphatic heterocycles. The van der Waals surface area contributed by atoms with Gasteiger partial charge < -0.3 is 5.32 Å². The summed E-state index contributed by atoms with van der Waals surface area (Å²) in [4.78, 5) is 5.37. The monoisotopic (exact) mass is 264 g/mol. The highest BCUT2D eigenvalue weighted by Gasteiger charge is 2.04. The molecule has 2 nitrogen and oxygen atoms in total. The third-order valence-electron chi connectivity index (χ3n) is 2.35. The van der Waals surface area contributed by atoms with Crippen LogP contribution in [0.1, 0.15) is 5.56 Å². The van der Waals surface area contributed by atoms with Gasteiger partial charge in [0.05, 0.1) is 5.02 Å². The van der Waals surface area contributed by atoms with Crippen molar-refractivity contribution < 1.29 is 0 Å². The number of pyridine rings is 1. The number of rotatable bonds is 4. The van der Waals surface area contributed by atoms with Crippen LogP contribution >= 0.6 is 23.4 Å². The lowest BCUT2D eigenvalue weighted by Gasteiger charge is -2.08. The summed E-state index contributed by atoms with van der Waals surface area (Å²) in [5, 5.41) is 3.89. The Kier molecular flexibility index (Phi) is 4.29. The number of benzene rings is 1. The van der Waals surface area contributed by atoms with Gasteiger partial charge in [-0.05, 0) is 18.2 Å². The predicted molar refractivity (Wildman–Crippen MR) is 74.8 cm³/mol. The smallest absolute Gasteiger partial charge is 0.129 e. The largest absolute Gasteiger partial charge is 0.373 e. The fraction of sp³-hybridized carbons (Fsp3) is 0.154. The molecule has 0 fully saturated rings. The summed E-state index contributed by atoms with van der Waals surface area (Å²) in [5.41, 5.74) is 1.18. The lowest BCUT2D eigenvalue weighted by molar-refractivity contribution is 1.22. The average molecular weight is 265 g/mol. The Labute approximate surface area is 110 Å². The fourth-order valence-corrected chi connectivity index (χ4v) is 2.72. The van der Waals surface area contributed by atoms with E-state index in [1.54, 1.807) is 18.0 Å². The van der Waals surface area contributed by atoms with Crippen LogP contribution in [0.3, 0.4) is 0 Å². The first-order valence-electron chi connectivity index (χ1n) is 5.30. The molecule has 17 heavy (non-hydrogen) atoms. The van der Waals surface area contributed by atoms with Crippen LogP contribution in [0.4, 0.5) is 5.82 Å². The maximum atomic E-state index is 6.11. The number of hydrogen-bond donors (Lipinski definition) is 1. The number of nitrogens with one attached hydrogen (secondary N) is 1. The fourth-order valence-electron chi connectivity index (χ4n) is 1.50.